The van der Waals surface area contributed by atoms with Gasteiger partial charge in [-0.15, -0.1) is 0 Å². The van der Waals surface area contributed by atoms with Crippen LogP contribution in [0.3, 0.4) is 0 Å². The molecule has 0 aliphatic carbocycles. The third kappa shape index (κ3) is 6.00. The predicted octanol–water partition coefficient (Wildman–Crippen LogP) is 5.11. The third-order valence-corrected chi connectivity index (χ3v) is 3.78. The lowest BCUT2D eigenvalue weighted by molar-refractivity contribution is 0.0378. The molecule has 0 radical (unpaired) electrons. The standard InChI is InChI=1S/C19H20Cl2O5/c1-12(2)26-19(23)13-4-6-15(7-5-13)24-8-3-9-25-18-16(20)10-14(22)11-17(18)21/h4-7,10-12,22H,3,8-9H2,1-2H3. The molecule has 2 aromatic carbocycles. The normalized spacial score (nSPS) is 10.7. The molecule has 2 rings (SSSR count). The van der Waals surface area contributed by atoms with E-state index < -0.39 is 0 Å². The van der Waals surface area contributed by atoms with E-state index in [2.05, 4.69) is 0 Å². The van der Waals surface area contributed by atoms with E-state index in [1.54, 1.807) is 38.1 Å². The molecule has 0 saturated heterocycles. The highest BCUT2D eigenvalue weighted by Gasteiger charge is 2.10. The maximum atomic E-state index is 11.8. The number of rotatable bonds is 8. The van der Waals surface area contributed by atoms with E-state index in [0.717, 1.165) is 0 Å². The van der Waals surface area contributed by atoms with Crippen molar-refractivity contribution in [3.8, 4) is 17.2 Å². The fraction of sp³-hybridized carbons (Fsp3) is 0.316. The number of esters is 1. The quantitative estimate of drug-likeness (QED) is 0.494. The van der Waals surface area contributed by atoms with Gasteiger partial charge in [-0.1, -0.05) is 23.2 Å². The number of aromatic hydroxyl groups is 1. The Kier molecular flexibility index (Phi) is 7.42. The first-order valence-electron chi connectivity index (χ1n) is 8.11. The van der Waals surface area contributed by atoms with Crippen LogP contribution in [0.25, 0.3) is 0 Å². The van der Waals surface area contributed by atoms with E-state index in [4.69, 9.17) is 37.4 Å². The van der Waals surface area contributed by atoms with Gasteiger partial charge in [0.25, 0.3) is 0 Å². The van der Waals surface area contributed by atoms with Crippen LogP contribution in [0.15, 0.2) is 36.4 Å². The molecule has 0 aliphatic rings. The monoisotopic (exact) mass is 398 g/mol. The molecule has 0 aliphatic heterocycles. The summed E-state index contributed by atoms with van der Waals surface area (Å²) in [5.74, 6) is 0.602. The minimum absolute atomic E-state index is 0.0172. The molecule has 26 heavy (non-hydrogen) atoms. The van der Waals surface area contributed by atoms with Crippen LogP contribution in [0.5, 0.6) is 17.2 Å². The van der Waals surface area contributed by atoms with E-state index in [9.17, 15) is 9.90 Å². The second kappa shape index (κ2) is 9.55. The first-order chi connectivity index (χ1) is 12.4. The number of benzene rings is 2. The van der Waals surface area contributed by atoms with Crippen molar-refractivity contribution in [2.45, 2.75) is 26.4 Å². The van der Waals surface area contributed by atoms with Crippen LogP contribution >= 0.6 is 23.2 Å². The summed E-state index contributed by atoms with van der Waals surface area (Å²) in [6.07, 6.45) is 0.444. The lowest BCUT2D eigenvalue weighted by Gasteiger charge is -2.11. The van der Waals surface area contributed by atoms with Gasteiger partial charge in [0, 0.05) is 18.6 Å². The Morgan fingerprint density at radius 2 is 1.62 bits per heavy atom. The van der Waals surface area contributed by atoms with Gasteiger partial charge < -0.3 is 19.3 Å². The molecular formula is C19H20Cl2O5. The largest absolute Gasteiger partial charge is 0.508 e. The second-order valence-corrected chi connectivity index (χ2v) is 6.58. The summed E-state index contributed by atoms with van der Waals surface area (Å²) in [4.78, 5) is 11.8. The van der Waals surface area contributed by atoms with E-state index in [-0.39, 0.29) is 27.9 Å². The van der Waals surface area contributed by atoms with Gasteiger partial charge in [-0.2, -0.15) is 0 Å². The Balaban J connectivity index is 1.76. The van der Waals surface area contributed by atoms with E-state index >= 15 is 0 Å². The van der Waals surface area contributed by atoms with Crippen molar-refractivity contribution in [3.05, 3.63) is 52.0 Å². The molecule has 0 saturated carbocycles. The number of ether oxygens (including phenoxy) is 3. The van der Waals surface area contributed by atoms with Crippen LogP contribution in [0.2, 0.25) is 10.0 Å². The van der Waals surface area contributed by atoms with Crippen LogP contribution in [-0.2, 0) is 4.74 Å². The summed E-state index contributed by atoms with van der Waals surface area (Å²) < 4.78 is 16.3. The topological polar surface area (TPSA) is 65.0 Å². The predicted molar refractivity (Wildman–Crippen MR) is 101 cm³/mol. The Bertz CT molecular complexity index is 721. The Labute approximate surface area is 162 Å². The van der Waals surface area contributed by atoms with Crippen molar-refractivity contribution in [1.82, 2.24) is 0 Å². The summed E-state index contributed by atoms with van der Waals surface area (Å²) in [5.41, 5.74) is 0.478. The molecule has 0 bridgehead atoms. The van der Waals surface area contributed by atoms with Gasteiger partial charge in [-0.05, 0) is 38.1 Å². The molecule has 1 N–H and O–H groups in total. The molecule has 5 nitrogen and oxygen atoms in total. The smallest absolute Gasteiger partial charge is 0.338 e. The van der Waals surface area contributed by atoms with E-state index in [0.29, 0.717) is 36.7 Å². The fourth-order valence-corrected chi connectivity index (χ4v) is 2.66. The number of hydrogen-bond acceptors (Lipinski definition) is 5. The SMILES string of the molecule is CC(C)OC(=O)c1ccc(OCCCOc2c(Cl)cc(O)cc2Cl)cc1. The van der Waals surface area contributed by atoms with Crippen molar-refractivity contribution in [2.24, 2.45) is 0 Å². The van der Waals surface area contributed by atoms with E-state index in [1.165, 1.54) is 12.1 Å². The number of halogens is 2. The number of hydrogen-bond donors (Lipinski definition) is 1. The van der Waals surface area contributed by atoms with Crippen LogP contribution in [-0.4, -0.2) is 30.4 Å². The summed E-state index contributed by atoms with van der Waals surface area (Å²) in [7, 11) is 0. The van der Waals surface area contributed by atoms with Gasteiger partial charge in [-0.25, -0.2) is 4.79 Å². The zero-order valence-electron chi connectivity index (χ0n) is 14.5. The van der Waals surface area contributed by atoms with Gasteiger partial charge in [0.1, 0.15) is 11.5 Å². The Hall–Kier alpha value is -2.11. The second-order valence-electron chi connectivity index (χ2n) is 5.77. The highest BCUT2D eigenvalue weighted by Crippen LogP contribution is 2.36. The molecule has 0 spiro atoms. The molecule has 0 unspecified atom stereocenters. The van der Waals surface area contributed by atoms with Crippen molar-refractivity contribution in [2.75, 3.05) is 13.2 Å². The molecule has 7 heteroatoms. The average Bonchev–Trinajstić information content (AvgIpc) is 2.56. The highest BCUT2D eigenvalue weighted by molar-refractivity contribution is 6.37. The summed E-state index contributed by atoms with van der Waals surface area (Å²) in [6.45, 7) is 4.37. The first kappa shape index (κ1) is 20.2. The maximum absolute atomic E-state index is 11.8. The molecule has 0 heterocycles. The maximum Gasteiger partial charge on any atom is 0.338 e. The number of carbonyl (C=O) groups is 1. The van der Waals surface area contributed by atoms with Crippen molar-refractivity contribution in [1.29, 1.82) is 0 Å². The summed E-state index contributed by atoms with van der Waals surface area (Å²) in [5, 5.41) is 9.88. The van der Waals surface area contributed by atoms with Gasteiger partial charge in [-0.3, -0.25) is 0 Å². The molecule has 0 amide bonds. The fourth-order valence-electron chi connectivity index (χ4n) is 2.08. The van der Waals surface area contributed by atoms with Crippen LogP contribution in [0.4, 0.5) is 0 Å². The molecule has 0 aromatic heterocycles. The van der Waals surface area contributed by atoms with Crippen LogP contribution in [0.1, 0.15) is 30.6 Å². The van der Waals surface area contributed by atoms with Crippen LogP contribution in [0, 0.1) is 0 Å². The molecule has 0 atom stereocenters. The molecule has 0 fully saturated rings. The number of carbonyl (C=O) groups excluding carboxylic acids is 1. The number of phenols is 1. The lowest BCUT2D eigenvalue weighted by atomic mass is 10.2. The minimum Gasteiger partial charge on any atom is -0.508 e. The van der Waals surface area contributed by atoms with Crippen molar-refractivity contribution < 1.29 is 24.1 Å². The average molecular weight is 399 g/mol. The first-order valence-corrected chi connectivity index (χ1v) is 8.87. The van der Waals surface area contributed by atoms with E-state index in [1.807, 2.05) is 0 Å². The summed E-state index contributed by atoms with van der Waals surface area (Å²) in [6, 6.07) is 9.48. The Morgan fingerprint density at radius 1 is 1.04 bits per heavy atom. The van der Waals surface area contributed by atoms with Crippen molar-refractivity contribution in [3.63, 3.8) is 0 Å². The van der Waals surface area contributed by atoms with Gasteiger partial charge in [0.15, 0.2) is 5.75 Å². The lowest BCUT2D eigenvalue weighted by Crippen LogP contribution is -2.11. The van der Waals surface area contributed by atoms with Gasteiger partial charge >= 0.3 is 5.97 Å². The van der Waals surface area contributed by atoms with Gasteiger partial charge in [0.2, 0.25) is 0 Å². The minimum atomic E-state index is -0.359. The highest BCUT2D eigenvalue weighted by atomic mass is 35.5. The number of phenolic OH excluding ortho intramolecular Hbond substituents is 1. The zero-order chi connectivity index (χ0) is 19.1. The third-order valence-electron chi connectivity index (χ3n) is 3.22. The van der Waals surface area contributed by atoms with Gasteiger partial charge in [0.05, 0.1) is 34.9 Å². The van der Waals surface area contributed by atoms with Crippen molar-refractivity contribution >= 4 is 29.2 Å². The van der Waals surface area contributed by atoms with Crippen LogP contribution < -0.4 is 9.47 Å². The zero-order valence-corrected chi connectivity index (χ0v) is 16.0. The molecular weight excluding hydrogens is 379 g/mol. The molecule has 2 aromatic rings. The summed E-state index contributed by atoms with van der Waals surface area (Å²) >= 11 is 12.0. The molecule has 140 valence electrons. The Morgan fingerprint density at radius 3 is 2.19 bits per heavy atom.